The number of amides is 1. The maximum Gasteiger partial charge on any atom is 0.224 e. The molecule has 5 heteroatoms. The Morgan fingerprint density at radius 3 is 2.52 bits per heavy atom. The van der Waals surface area contributed by atoms with Crippen LogP contribution < -0.4 is 14.8 Å². The van der Waals surface area contributed by atoms with E-state index >= 15 is 0 Å². The quantitative estimate of drug-likeness (QED) is 0.779. The van der Waals surface area contributed by atoms with Crippen LogP contribution in [0.2, 0.25) is 0 Å². The van der Waals surface area contributed by atoms with E-state index in [0.717, 1.165) is 16.1 Å². The second-order valence-corrected chi connectivity index (χ2v) is 5.79. The lowest BCUT2D eigenvalue weighted by molar-refractivity contribution is -0.116. The van der Waals surface area contributed by atoms with Gasteiger partial charge in [-0.15, -0.1) is 11.8 Å². The number of thioether (sulfide) groups is 1. The maximum absolute atomic E-state index is 12.2. The molecule has 0 aliphatic heterocycles. The van der Waals surface area contributed by atoms with E-state index in [0.29, 0.717) is 24.3 Å². The van der Waals surface area contributed by atoms with Crippen LogP contribution in [0.4, 0.5) is 5.69 Å². The summed E-state index contributed by atoms with van der Waals surface area (Å²) in [5.41, 5.74) is 1.90. The molecule has 0 radical (unpaired) electrons. The topological polar surface area (TPSA) is 47.6 Å². The third kappa shape index (κ3) is 4.66. The molecule has 0 saturated heterocycles. The Morgan fingerprint density at radius 1 is 1.09 bits per heavy atom. The zero-order chi connectivity index (χ0) is 16.7. The van der Waals surface area contributed by atoms with Gasteiger partial charge in [0.2, 0.25) is 5.91 Å². The van der Waals surface area contributed by atoms with Crippen LogP contribution in [0.3, 0.4) is 0 Å². The smallest absolute Gasteiger partial charge is 0.224 e. The van der Waals surface area contributed by atoms with E-state index in [-0.39, 0.29) is 5.91 Å². The number of carbonyl (C=O) groups excluding carboxylic acids is 1. The van der Waals surface area contributed by atoms with Crippen molar-refractivity contribution in [3.05, 3.63) is 48.0 Å². The maximum atomic E-state index is 12.2. The highest BCUT2D eigenvalue weighted by molar-refractivity contribution is 7.98. The number of methoxy groups -OCH3 is 2. The molecule has 2 aromatic rings. The van der Waals surface area contributed by atoms with E-state index in [4.69, 9.17) is 9.47 Å². The zero-order valence-corrected chi connectivity index (χ0v) is 14.4. The molecule has 2 aromatic carbocycles. The number of rotatable bonds is 7. The van der Waals surface area contributed by atoms with Crippen LogP contribution in [0.25, 0.3) is 0 Å². The number of anilines is 1. The van der Waals surface area contributed by atoms with Crippen molar-refractivity contribution in [3.63, 3.8) is 0 Å². The molecule has 0 aliphatic carbocycles. The SMILES string of the molecule is COc1ccc(CCC(=O)Nc2ccccc2SC)cc1OC. The van der Waals surface area contributed by atoms with Crippen molar-refractivity contribution in [2.45, 2.75) is 17.7 Å². The van der Waals surface area contributed by atoms with Gasteiger partial charge in [0.15, 0.2) is 11.5 Å². The van der Waals surface area contributed by atoms with Gasteiger partial charge in [-0.25, -0.2) is 0 Å². The number of aryl methyl sites for hydroxylation is 1. The average molecular weight is 331 g/mol. The minimum atomic E-state index is 0.00119. The van der Waals surface area contributed by atoms with E-state index < -0.39 is 0 Å². The number of hydrogen-bond acceptors (Lipinski definition) is 4. The molecule has 1 N–H and O–H groups in total. The van der Waals surface area contributed by atoms with Gasteiger partial charge in [-0.3, -0.25) is 4.79 Å². The first-order chi connectivity index (χ1) is 11.2. The number of benzene rings is 2. The molecule has 122 valence electrons. The molecule has 0 aromatic heterocycles. The summed E-state index contributed by atoms with van der Waals surface area (Å²) in [5, 5.41) is 2.97. The molecule has 23 heavy (non-hydrogen) atoms. The molecule has 0 bridgehead atoms. The minimum absolute atomic E-state index is 0.00119. The summed E-state index contributed by atoms with van der Waals surface area (Å²) < 4.78 is 10.5. The van der Waals surface area contributed by atoms with E-state index in [2.05, 4.69) is 5.32 Å². The fourth-order valence-corrected chi connectivity index (χ4v) is 2.81. The second-order valence-electron chi connectivity index (χ2n) is 4.94. The predicted molar refractivity (Wildman–Crippen MR) is 94.7 cm³/mol. The summed E-state index contributed by atoms with van der Waals surface area (Å²) in [7, 11) is 3.21. The lowest BCUT2D eigenvalue weighted by Crippen LogP contribution is -2.13. The van der Waals surface area contributed by atoms with Crippen molar-refractivity contribution >= 4 is 23.4 Å². The number of nitrogens with one attached hydrogen (secondary N) is 1. The number of carbonyl (C=O) groups is 1. The highest BCUT2D eigenvalue weighted by atomic mass is 32.2. The molecule has 1 amide bonds. The van der Waals surface area contributed by atoms with E-state index in [1.54, 1.807) is 26.0 Å². The Kier molecular flexibility index (Phi) is 6.35. The second kappa shape index (κ2) is 8.48. The van der Waals surface area contributed by atoms with Gasteiger partial charge in [0.05, 0.1) is 19.9 Å². The monoisotopic (exact) mass is 331 g/mol. The Labute approximate surface area is 141 Å². The first kappa shape index (κ1) is 17.2. The van der Waals surface area contributed by atoms with Crippen LogP contribution >= 0.6 is 11.8 Å². The van der Waals surface area contributed by atoms with Crippen molar-refractivity contribution in [1.82, 2.24) is 0 Å². The van der Waals surface area contributed by atoms with Gasteiger partial charge in [0.25, 0.3) is 0 Å². The largest absolute Gasteiger partial charge is 0.493 e. The summed E-state index contributed by atoms with van der Waals surface area (Å²) in [4.78, 5) is 13.2. The molecule has 0 atom stereocenters. The molecule has 0 aliphatic rings. The van der Waals surface area contributed by atoms with Crippen molar-refractivity contribution in [2.75, 3.05) is 25.8 Å². The van der Waals surface area contributed by atoms with Crippen LogP contribution in [0.15, 0.2) is 47.4 Å². The van der Waals surface area contributed by atoms with Gasteiger partial charge in [0.1, 0.15) is 0 Å². The van der Waals surface area contributed by atoms with Crippen molar-refractivity contribution < 1.29 is 14.3 Å². The molecule has 0 fully saturated rings. The highest BCUT2D eigenvalue weighted by Crippen LogP contribution is 2.28. The molecular formula is C18H21NO3S. The molecule has 0 saturated carbocycles. The Hall–Kier alpha value is -2.14. The highest BCUT2D eigenvalue weighted by Gasteiger charge is 2.08. The van der Waals surface area contributed by atoms with Gasteiger partial charge in [-0.1, -0.05) is 18.2 Å². The zero-order valence-electron chi connectivity index (χ0n) is 13.6. The van der Waals surface area contributed by atoms with E-state index in [9.17, 15) is 4.79 Å². The van der Waals surface area contributed by atoms with Crippen LogP contribution in [0.1, 0.15) is 12.0 Å². The number of ether oxygens (including phenoxy) is 2. The summed E-state index contributed by atoms with van der Waals surface area (Å²) in [6, 6.07) is 13.5. The first-order valence-corrected chi connectivity index (χ1v) is 8.54. The third-order valence-corrected chi connectivity index (χ3v) is 4.27. The fourth-order valence-electron chi connectivity index (χ4n) is 2.25. The average Bonchev–Trinajstić information content (AvgIpc) is 2.60. The van der Waals surface area contributed by atoms with Crippen LogP contribution in [0, 0.1) is 0 Å². The Balaban J connectivity index is 1.96. The van der Waals surface area contributed by atoms with Crippen molar-refractivity contribution in [3.8, 4) is 11.5 Å². The van der Waals surface area contributed by atoms with Crippen LogP contribution in [-0.2, 0) is 11.2 Å². The number of para-hydroxylation sites is 1. The normalized spacial score (nSPS) is 10.2. The molecule has 0 heterocycles. The summed E-state index contributed by atoms with van der Waals surface area (Å²) in [5.74, 6) is 1.37. The Bertz CT molecular complexity index is 673. The first-order valence-electron chi connectivity index (χ1n) is 7.31. The molecule has 4 nitrogen and oxygen atoms in total. The van der Waals surface area contributed by atoms with Gasteiger partial charge < -0.3 is 14.8 Å². The summed E-state index contributed by atoms with van der Waals surface area (Å²) >= 11 is 1.62. The van der Waals surface area contributed by atoms with E-state index in [1.165, 1.54) is 0 Å². The van der Waals surface area contributed by atoms with Crippen LogP contribution in [-0.4, -0.2) is 26.4 Å². The van der Waals surface area contributed by atoms with Crippen molar-refractivity contribution in [2.24, 2.45) is 0 Å². The van der Waals surface area contributed by atoms with Gasteiger partial charge in [0, 0.05) is 11.3 Å². The number of hydrogen-bond donors (Lipinski definition) is 1. The van der Waals surface area contributed by atoms with Gasteiger partial charge in [-0.2, -0.15) is 0 Å². The predicted octanol–water partition coefficient (Wildman–Crippen LogP) is 4.00. The van der Waals surface area contributed by atoms with Gasteiger partial charge >= 0.3 is 0 Å². The minimum Gasteiger partial charge on any atom is -0.493 e. The summed E-state index contributed by atoms with van der Waals surface area (Å²) in [6.07, 6.45) is 3.06. The van der Waals surface area contributed by atoms with E-state index in [1.807, 2.05) is 48.7 Å². The molecule has 0 unspecified atom stereocenters. The standard InChI is InChI=1S/C18H21NO3S/c1-21-15-10-8-13(12-16(15)22-2)9-11-18(20)19-14-6-4-5-7-17(14)23-3/h4-8,10,12H,9,11H2,1-3H3,(H,19,20). The molecule has 2 rings (SSSR count). The fraction of sp³-hybridized carbons (Fsp3) is 0.278. The lowest BCUT2D eigenvalue weighted by atomic mass is 10.1. The summed E-state index contributed by atoms with van der Waals surface area (Å²) in [6.45, 7) is 0. The van der Waals surface area contributed by atoms with Gasteiger partial charge in [-0.05, 0) is 42.5 Å². The third-order valence-electron chi connectivity index (χ3n) is 3.47. The molecular weight excluding hydrogens is 310 g/mol. The molecule has 0 spiro atoms. The van der Waals surface area contributed by atoms with Crippen LogP contribution in [0.5, 0.6) is 11.5 Å². The van der Waals surface area contributed by atoms with Crippen molar-refractivity contribution in [1.29, 1.82) is 0 Å². The Morgan fingerprint density at radius 2 is 1.83 bits per heavy atom. The lowest BCUT2D eigenvalue weighted by Gasteiger charge is -2.11.